The maximum atomic E-state index is 9.65. The summed E-state index contributed by atoms with van der Waals surface area (Å²) in [7, 11) is 0. The van der Waals surface area contributed by atoms with Crippen LogP contribution < -0.4 is 0 Å². The molecule has 0 aromatic heterocycles. The van der Waals surface area contributed by atoms with E-state index in [1.165, 1.54) is 16.7 Å². The van der Waals surface area contributed by atoms with Crippen LogP contribution in [-0.2, 0) is 6.54 Å². The lowest BCUT2D eigenvalue weighted by molar-refractivity contribution is 0.0666. The van der Waals surface area contributed by atoms with E-state index in [2.05, 4.69) is 36.9 Å². The number of rotatable bonds is 2. The molecule has 0 bridgehead atoms. The van der Waals surface area contributed by atoms with Crippen LogP contribution >= 0.6 is 0 Å². The topological polar surface area (TPSA) is 23.5 Å². The Morgan fingerprint density at radius 3 is 2.62 bits per heavy atom. The Hall–Kier alpha value is -0.860. The van der Waals surface area contributed by atoms with Gasteiger partial charge in [-0.2, -0.15) is 0 Å². The molecule has 1 aliphatic heterocycles. The number of hydrogen-bond donors (Lipinski definition) is 1. The van der Waals surface area contributed by atoms with Crippen molar-refractivity contribution >= 4 is 0 Å². The maximum Gasteiger partial charge on any atom is 0.0667 e. The molecule has 0 saturated carbocycles. The summed E-state index contributed by atoms with van der Waals surface area (Å²) >= 11 is 0. The zero-order valence-electron chi connectivity index (χ0n) is 10.2. The monoisotopic (exact) mass is 219 g/mol. The highest BCUT2D eigenvalue weighted by molar-refractivity contribution is 5.33. The molecular formula is C14H21NO. The van der Waals surface area contributed by atoms with Gasteiger partial charge < -0.3 is 5.11 Å². The first-order chi connectivity index (χ1) is 7.66. The number of likely N-dealkylation sites (tertiary alicyclic amines) is 1. The summed E-state index contributed by atoms with van der Waals surface area (Å²) in [4.78, 5) is 2.36. The lowest BCUT2D eigenvalue weighted by Crippen LogP contribution is -2.37. The number of β-amino-alcohol motifs (C(OH)–C–C–N with tert-alkyl or cyclic N) is 1. The predicted molar refractivity (Wildman–Crippen MR) is 66.4 cm³/mol. The van der Waals surface area contributed by atoms with Gasteiger partial charge in [-0.3, -0.25) is 4.90 Å². The van der Waals surface area contributed by atoms with Crippen LogP contribution in [0.25, 0.3) is 0 Å². The minimum Gasteiger partial charge on any atom is -0.392 e. The van der Waals surface area contributed by atoms with Crippen molar-refractivity contribution in [1.82, 2.24) is 4.90 Å². The second-order valence-corrected chi connectivity index (χ2v) is 4.90. The van der Waals surface area contributed by atoms with Crippen LogP contribution in [0, 0.1) is 13.8 Å². The van der Waals surface area contributed by atoms with E-state index in [4.69, 9.17) is 0 Å². The number of hydrogen-bond acceptors (Lipinski definition) is 2. The normalized spacial score (nSPS) is 22.3. The van der Waals surface area contributed by atoms with Gasteiger partial charge in [-0.05, 0) is 49.9 Å². The second-order valence-electron chi connectivity index (χ2n) is 4.90. The highest BCUT2D eigenvalue weighted by atomic mass is 16.3. The standard InChI is InChI=1S/C14H21NO/c1-11-5-3-6-12(2)14(11)10-15-8-4-7-13(16)9-15/h3,5-6,13,16H,4,7-10H2,1-2H3/t13-/m0/s1. The number of piperidine rings is 1. The first-order valence-corrected chi connectivity index (χ1v) is 6.12. The minimum absolute atomic E-state index is 0.127. The fourth-order valence-corrected chi connectivity index (χ4v) is 2.50. The van der Waals surface area contributed by atoms with Gasteiger partial charge in [0.25, 0.3) is 0 Å². The number of benzene rings is 1. The molecule has 1 aromatic rings. The van der Waals surface area contributed by atoms with Crippen LogP contribution in [0.1, 0.15) is 29.5 Å². The van der Waals surface area contributed by atoms with Crippen LogP contribution in [-0.4, -0.2) is 29.2 Å². The van der Waals surface area contributed by atoms with Crippen molar-refractivity contribution in [1.29, 1.82) is 0 Å². The van der Waals surface area contributed by atoms with Gasteiger partial charge in [0.15, 0.2) is 0 Å². The van der Waals surface area contributed by atoms with Crippen LogP contribution in [0.4, 0.5) is 0 Å². The van der Waals surface area contributed by atoms with Crippen molar-refractivity contribution in [3.8, 4) is 0 Å². The smallest absolute Gasteiger partial charge is 0.0667 e. The molecule has 2 heteroatoms. The summed E-state index contributed by atoms with van der Waals surface area (Å²) in [5.41, 5.74) is 4.15. The lowest BCUT2D eigenvalue weighted by Gasteiger charge is -2.30. The molecule has 1 aliphatic rings. The van der Waals surface area contributed by atoms with Crippen LogP contribution in [0.5, 0.6) is 0 Å². The maximum absolute atomic E-state index is 9.65. The highest BCUT2D eigenvalue weighted by Gasteiger charge is 2.18. The third-order valence-electron chi connectivity index (χ3n) is 3.51. The quantitative estimate of drug-likeness (QED) is 0.824. The number of aliphatic hydroxyl groups excluding tert-OH is 1. The Labute approximate surface area is 97.9 Å². The van der Waals surface area contributed by atoms with E-state index in [1.54, 1.807) is 0 Å². The molecule has 2 rings (SSSR count). The summed E-state index contributed by atoms with van der Waals surface area (Å²) in [5.74, 6) is 0. The molecule has 1 saturated heterocycles. The largest absolute Gasteiger partial charge is 0.392 e. The summed E-state index contributed by atoms with van der Waals surface area (Å²) in [6.07, 6.45) is 1.95. The van der Waals surface area contributed by atoms with Gasteiger partial charge in [0.1, 0.15) is 0 Å². The van der Waals surface area contributed by atoms with E-state index in [9.17, 15) is 5.11 Å². The van der Waals surface area contributed by atoms with Crippen LogP contribution in [0.3, 0.4) is 0 Å². The molecule has 0 aliphatic carbocycles. The molecule has 1 aromatic carbocycles. The van der Waals surface area contributed by atoms with Crippen molar-refractivity contribution in [2.75, 3.05) is 13.1 Å². The number of nitrogens with zero attached hydrogens (tertiary/aromatic N) is 1. The molecule has 1 heterocycles. The van der Waals surface area contributed by atoms with E-state index in [1.807, 2.05) is 0 Å². The van der Waals surface area contributed by atoms with Crippen molar-refractivity contribution in [2.45, 2.75) is 39.3 Å². The third-order valence-corrected chi connectivity index (χ3v) is 3.51. The van der Waals surface area contributed by atoms with Gasteiger partial charge in [-0.1, -0.05) is 18.2 Å². The van der Waals surface area contributed by atoms with E-state index < -0.39 is 0 Å². The fraction of sp³-hybridized carbons (Fsp3) is 0.571. The predicted octanol–water partition coefficient (Wildman–Crippen LogP) is 2.26. The first-order valence-electron chi connectivity index (χ1n) is 6.12. The Kier molecular flexibility index (Phi) is 3.62. The lowest BCUT2D eigenvalue weighted by atomic mass is 10.0. The van der Waals surface area contributed by atoms with E-state index >= 15 is 0 Å². The zero-order valence-corrected chi connectivity index (χ0v) is 10.2. The summed E-state index contributed by atoms with van der Waals surface area (Å²) in [6.45, 7) is 7.26. The van der Waals surface area contributed by atoms with Crippen molar-refractivity contribution in [3.63, 3.8) is 0 Å². The van der Waals surface area contributed by atoms with Crippen LogP contribution in [0.2, 0.25) is 0 Å². The van der Waals surface area contributed by atoms with Gasteiger partial charge in [-0.15, -0.1) is 0 Å². The minimum atomic E-state index is -0.127. The molecule has 16 heavy (non-hydrogen) atoms. The van der Waals surface area contributed by atoms with Gasteiger partial charge in [0.2, 0.25) is 0 Å². The molecule has 0 spiro atoms. The average Bonchev–Trinajstić information content (AvgIpc) is 2.24. The molecule has 1 fully saturated rings. The van der Waals surface area contributed by atoms with Gasteiger partial charge >= 0.3 is 0 Å². The summed E-state index contributed by atoms with van der Waals surface area (Å²) in [5, 5.41) is 9.65. The Balaban J connectivity index is 2.08. The summed E-state index contributed by atoms with van der Waals surface area (Å²) in [6, 6.07) is 6.45. The van der Waals surface area contributed by atoms with Gasteiger partial charge in [0.05, 0.1) is 6.10 Å². The molecule has 2 nitrogen and oxygen atoms in total. The van der Waals surface area contributed by atoms with Crippen molar-refractivity contribution in [3.05, 3.63) is 34.9 Å². The molecule has 1 atom stereocenters. The average molecular weight is 219 g/mol. The Bertz CT molecular complexity index is 342. The van der Waals surface area contributed by atoms with E-state index in [0.29, 0.717) is 0 Å². The van der Waals surface area contributed by atoms with Crippen LogP contribution in [0.15, 0.2) is 18.2 Å². The first kappa shape index (κ1) is 11.6. The zero-order chi connectivity index (χ0) is 11.5. The molecule has 88 valence electrons. The SMILES string of the molecule is Cc1cccc(C)c1CN1CCC[C@H](O)C1. The Morgan fingerprint density at radius 1 is 1.31 bits per heavy atom. The van der Waals surface area contributed by atoms with Gasteiger partial charge in [0, 0.05) is 13.1 Å². The molecule has 0 unspecified atom stereocenters. The molecular weight excluding hydrogens is 198 g/mol. The Morgan fingerprint density at radius 2 is 2.00 bits per heavy atom. The van der Waals surface area contributed by atoms with Crippen molar-refractivity contribution < 1.29 is 5.11 Å². The molecule has 1 N–H and O–H groups in total. The van der Waals surface area contributed by atoms with Crippen molar-refractivity contribution in [2.24, 2.45) is 0 Å². The number of aryl methyl sites for hydroxylation is 2. The van der Waals surface area contributed by atoms with Gasteiger partial charge in [-0.25, -0.2) is 0 Å². The fourth-order valence-electron chi connectivity index (χ4n) is 2.50. The highest BCUT2D eigenvalue weighted by Crippen LogP contribution is 2.18. The molecule has 0 amide bonds. The van der Waals surface area contributed by atoms with E-state index in [0.717, 1.165) is 32.5 Å². The second kappa shape index (κ2) is 4.98. The third kappa shape index (κ3) is 2.63. The van der Waals surface area contributed by atoms with E-state index in [-0.39, 0.29) is 6.10 Å². The molecule has 0 radical (unpaired) electrons. The summed E-state index contributed by atoms with van der Waals surface area (Å²) < 4.78 is 0. The number of aliphatic hydroxyl groups is 1.